The van der Waals surface area contributed by atoms with E-state index in [9.17, 15) is 13.6 Å². The van der Waals surface area contributed by atoms with Crippen LogP contribution in [0.25, 0.3) is 0 Å². The molecule has 1 amide bonds. The molecule has 2 aromatic carbocycles. The molecular formula is C24H24ClF2N7O. The Balaban J connectivity index is 1.70. The van der Waals surface area contributed by atoms with Gasteiger partial charge in [-0.1, -0.05) is 23.7 Å². The average molecular weight is 500 g/mol. The number of rotatable bonds is 9. The van der Waals surface area contributed by atoms with Gasteiger partial charge in [0, 0.05) is 35.6 Å². The van der Waals surface area contributed by atoms with Crippen molar-refractivity contribution in [3.05, 3.63) is 83.0 Å². The molecule has 0 spiro atoms. The Labute approximate surface area is 206 Å². The standard InChI is InChI=1S/C24H24ClF2N7O/c1-15(19-10-9-16(26)12-21(19)27)32-33-24-28-14-20(25)23(31-24)30-18-7-4-6-17(13-18)29-22(35)8-5-11-34(2)3/h4-10,12-14H,11H2,1-3H3,(H,29,35)(H2,28,30,31,33)/b8-5+,32-15+. The summed E-state index contributed by atoms with van der Waals surface area (Å²) in [5, 5.41) is 10.2. The molecular weight excluding hydrogens is 476 g/mol. The van der Waals surface area contributed by atoms with Crippen molar-refractivity contribution < 1.29 is 13.6 Å². The Morgan fingerprint density at radius 2 is 1.94 bits per heavy atom. The molecule has 0 aliphatic heterocycles. The number of halogens is 3. The van der Waals surface area contributed by atoms with Crippen molar-refractivity contribution in [2.45, 2.75) is 6.92 Å². The smallest absolute Gasteiger partial charge is 0.248 e. The molecule has 0 radical (unpaired) electrons. The fourth-order valence-electron chi connectivity index (χ4n) is 2.85. The minimum absolute atomic E-state index is 0.106. The highest BCUT2D eigenvalue weighted by Crippen LogP contribution is 2.25. The normalized spacial score (nSPS) is 11.7. The summed E-state index contributed by atoms with van der Waals surface area (Å²) in [6, 6.07) is 10.3. The Morgan fingerprint density at radius 1 is 1.17 bits per heavy atom. The quantitative estimate of drug-likeness (QED) is 0.217. The van der Waals surface area contributed by atoms with Crippen LogP contribution >= 0.6 is 11.6 Å². The SMILES string of the molecule is C/C(=N\Nc1ncc(Cl)c(Nc2cccc(NC(=O)/C=C/CN(C)C)c2)n1)c1ccc(F)cc1F. The lowest BCUT2D eigenvalue weighted by Crippen LogP contribution is -2.13. The first-order chi connectivity index (χ1) is 16.7. The summed E-state index contributed by atoms with van der Waals surface area (Å²) in [6.07, 6.45) is 4.62. The molecule has 3 rings (SSSR count). The van der Waals surface area contributed by atoms with E-state index < -0.39 is 11.6 Å². The zero-order valence-electron chi connectivity index (χ0n) is 19.3. The third-order valence-electron chi connectivity index (χ3n) is 4.52. The minimum Gasteiger partial charge on any atom is -0.339 e. The van der Waals surface area contributed by atoms with Crippen LogP contribution in [0.15, 0.2) is 65.9 Å². The third-order valence-corrected chi connectivity index (χ3v) is 4.80. The van der Waals surface area contributed by atoms with Gasteiger partial charge in [-0.2, -0.15) is 10.1 Å². The molecule has 3 N–H and O–H groups in total. The van der Waals surface area contributed by atoms with Crippen LogP contribution in [0.5, 0.6) is 0 Å². The third kappa shape index (κ3) is 7.83. The summed E-state index contributed by atoms with van der Waals surface area (Å²) in [5.41, 5.74) is 4.27. The van der Waals surface area contributed by atoms with E-state index in [0.717, 1.165) is 12.1 Å². The topological polar surface area (TPSA) is 94.5 Å². The fraction of sp³-hybridized carbons (Fsp3) is 0.167. The van der Waals surface area contributed by atoms with E-state index in [0.29, 0.717) is 23.7 Å². The van der Waals surface area contributed by atoms with E-state index >= 15 is 0 Å². The lowest BCUT2D eigenvalue weighted by molar-refractivity contribution is -0.111. The number of amides is 1. The van der Waals surface area contributed by atoms with Crippen molar-refractivity contribution in [3.63, 3.8) is 0 Å². The first-order valence-electron chi connectivity index (χ1n) is 10.5. The van der Waals surface area contributed by atoms with Crippen LogP contribution < -0.4 is 16.1 Å². The van der Waals surface area contributed by atoms with Crippen LogP contribution in [-0.4, -0.2) is 47.1 Å². The molecule has 0 bridgehead atoms. The molecule has 0 saturated heterocycles. The molecule has 11 heteroatoms. The minimum atomic E-state index is -0.729. The van der Waals surface area contributed by atoms with Gasteiger partial charge in [0.25, 0.3) is 0 Å². The highest BCUT2D eigenvalue weighted by molar-refractivity contribution is 6.32. The Kier molecular flexibility index (Phi) is 8.82. The Hall–Kier alpha value is -3.89. The number of likely N-dealkylation sites (N-methyl/N-ethyl adjacent to an activating group) is 1. The maximum Gasteiger partial charge on any atom is 0.248 e. The number of anilines is 4. The van der Waals surface area contributed by atoms with Gasteiger partial charge in [-0.15, -0.1) is 0 Å². The first kappa shape index (κ1) is 25.7. The molecule has 0 unspecified atom stereocenters. The second kappa shape index (κ2) is 12.0. The second-order valence-electron chi connectivity index (χ2n) is 7.68. The Morgan fingerprint density at radius 3 is 2.69 bits per heavy atom. The van der Waals surface area contributed by atoms with Crippen molar-refractivity contribution in [1.82, 2.24) is 14.9 Å². The fourth-order valence-corrected chi connectivity index (χ4v) is 2.99. The number of nitrogens with one attached hydrogen (secondary N) is 3. The number of nitrogens with zero attached hydrogens (tertiary/aromatic N) is 4. The van der Waals surface area contributed by atoms with Gasteiger partial charge in [-0.25, -0.2) is 19.2 Å². The molecule has 1 heterocycles. The zero-order chi connectivity index (χ0) is 25.4. The van der Waals surface area contributed by atoms with Gasteiger partial charge in [0.15, 0.2) is 5.82 Å². The molecule has 0 atom stereocenters. The number of hydrazone groups is 1. The maximum atomic E-state index is 14.0. The number of carbonyl (C=O) groups is 1. The van der Waals surface area contributed by atoms with E-state index in [-0.39, 0.29) is 28.2 Å². The maximum absolute atomic E-state index is 14.0. The van der Waals surface area contributed by atoms with Crippen LogP contribution in [-0.2, 0) is 4.79 Å². The first-order valence-corrected chi connectivity index (χ1v) is 10.9. The Bertz CT molecular complexity index is 1260. The molecule has 35 heavy (non-hydrogen) atoms. The van der Waals surface area contributed by atoms with Crippen molar-refractivity contribution >= 4 is 46.4 Å². The van der Waals surface area contributed by atoms with Crippen LogP contribution in [0.1, 0.15) is 12.5 Å². The van der Waals surface area contributed by atoms with E-state index in [1.54, 1.807) is 37.3 Å². The summed E-state index contributed by atoms with van der Waals surface area (Å²) < 4.78 is 27.1. The molecule has 0 aliphatic rings. The molecule has 3 aromatic rings. The van der Waals surface area contributed by atoms with Crippen molar-refractivity contribution in [2.24, 2.45) is 5.10 Å². The second-order valence-corrected chi connectivity index (χ2v) is 8.09. The van der Waals surface area contributed by atoms with E-state index in [1.807, 2.05) is 19.0 Å². The predicted molar refractivity (Wildman–Crippen MR) is 135 cm³/mol. The van der Waals surface area contributed by atoms with Crippen LogP contribution in [0, 0.1) is 11.6 Å². The lowest BCUT2D eigenvalue weighted by Gasteiger charge is -2.11. The number of hydrogen-bond acceptors (Lipinski definition) is 7. The van der Waals surface area contributed by atoms with Gasteiger partial charge in [-0.05, 0) is 51.4 Å². The van der Waals surface area contributed by atoms with Gasteiger partial charge in [0.1, 0.15) is 16.7 Å². The van der Waals surface area contributed by atoms with Gasteiger partial charge in [-0.3, -0.25) is 4.79 Å². The van der Waals surface area contributed by atoms with E-state index in [4.69, 9.17) is 11.6 Å². The van der Waals surface area contributed by atoms with E-state index in [1.165, 1.54) is 18.3 Å². The molecule has 8 nitrogen and oxygen atoms in total. The highest BCUT2D eigenvalue weighted by Gasteiger charge is 2.09. The highest BCUT2D eigenvalue weighted by atomic mass is 35.5. The summed E-state index contributed by atoms with van der Waals surface area (Å²) >= 11 is 6.23. The zero-order valence-corrected chi connectivity index (χ0v) is 20.1. The molecule has 0 fully saturated rings. The predicted octanol–water partition coefficient (Wildman–Crippen LogP) is 5.04. The largest absolute Gasteiger partial charge is 0.339 e. The summed E-state index contributed by atoms with van der Waals surface area (Å²) in [7, 11) is 3.82. The molecule has 182 valence electrons. The number of hydrogen-bond donors (Lipinski definition) is 3. The van der Waals surface area contributed by atoms with Gasteiger partial charge in [0.2, 0.25) is 11.9 Å². The van der Waals surface area contributed by atoms with Crippen molar-refractivity contribution in [3.8, 4) is 0 Å². The number of carbonyl (C=O) groups excluding carboxylic acids is 1. The van der Waals surface area contributed by atoms with Crippen molar-refractivity contribution in [2.75, 3.05) is 36.7 Å². The molecule has 0 saturated carbocycles. The van der Waals surface area contributed by atoms with Crippen LogP contribution in [0.2, 0.25) is 5.02 Å². The molecule has 1 aromatic heterocycles. The van der Waals surface area contributed by atoms with Gasteiger partial charge >= 0.3 is 0 Å². The lowest BCUT2D eigenvalue weighted by atomic mass is 10.1. The average Bonchev–Trinajstić information content (AvgIpc) is 2.79. The van der Waals surface area contributed by atoms with Crippen molar-refractivity contribution in [1.29, 1.82) is 0 Å². The summed E-state index contributed by atoms with van der Waals surface area (Å²) in [4.78, 5) is 22.4. The number of benzene rings is 2. The van der Waals surface area contributed by atoms with Gasteiger partial charge in [0.05, 0.1) is 11.9 Å². The van der Waals surface area contributed by atoms with Crippen LogP contribution in [0.4, 0.5) is 31.9 Å². The summed E-state index contributed by atoms with van der Waals surface area (Å²) in [6.45, 7) is 2.22. The van der Waals surface area contributed by atoms with Gasteiger partial charge < -0.3 is 15.5 Å². The summed E-state index contributed by atoms with van der Waals surface area (Å²) in [5.74, 6) is -1.25. The van der Waals surface area contributed by atoms with Crippen LogP contribution in [0.3, 0.4) is 0 Å². The molecule has 0 aliphatic carbocycles. The number of aromatic nitrogens is 2. The monoisotopic (exact) mass is 499 g/mol. The van der Waals surface area contributed by atoms with E-state index in [2.05, 4.69) is 31.1 Å².